The molecular weight excluding hydrogens is 154 g/mol. The van der Waals surface area contributed by atoms with E-state index in [-0.39, 0.29) is 5.60 Å². The predicted molar refractivity (Wildman–Crippen MR) is 49.4 cm³/mol. The van der Waals surface area contributed by atoms with Crippen LogP contribution in [0.2, 0.25) is 0 Å². The highest BCUT2D eigenvalue weighted by Crippen LogP contribution is 2.04. The number of hydrogen-bond donors (Lipinski definition) is 2. The number of rotatable bonds is 3. The number of nitrogens with zero attached hydrogens (tertiary/aromatic N) is 1. The molecule has 0 fully saturated rings. The number of hydrogen-bond acceptors (Lipinski definition) is 4. The molecule has 0 bridgehead atoms. The van der Waals surface area contributed by atoms with E-state index in [1.807, 2.05) is 13.8 Å². The summed E-state index contributed by atoms with van der Waals surface area (Å²) in [6.45, 7) is 6.66. The average Bonchev–Trinajstić information content (AvgIpc) is 2.53. The fraction of sp³-hybridized carbons (Fsp3) is 0.875. The average molecular weight is 171 g/mol. The monoisotopic (exact) mass is 171 g/mol. The van der Waals surface area contributed by atoms with Crippen molar-refractivity contribution in [2.24, 2.45) is 4.99 Å². The molecule has 0 spiro atoms. The molecule has 0 aromatic carbocycles. The van der Waals surface area contributed by atoms with Crippen LogP contribution < -0.4 is 10.6 Å². The number of aliphatic imine (C=N–C) groups is 1. The lowest BCUT2D eigenvalue weighted by molar-refractivity contribution is 0.0269. The molecule has 70 valence electrons. The van der Waals surface area contributed by atoms with Crippen molar-refractivity contribution in [1.29, 1.82) is 0 Å². The van der Waals surface area contributed by atoms with Gasteiger partial charge in [-0.3, -0.25) is 4.99 Å². The lowest BCUT2D eigenvalue weighted by Crippen LogP contribution is -2.43. The van der Waals surface area contributed by atoms with Gasteiger partial charge in [-0.25, -0.2) is 0 Å². The molecule has 2 N–H and O–H groups in total. The van der Waals surface area contributed by atoms with Crippen LogP contribution >= 0.6 is 0 Å². The normalized spacial score (nSPS) is 17.1. The highest BCUT2D eigenvalue weighted by atomic mass is 16.5. The molecule has 0 unspecified atom stereocenters. The molecule has 0 aromatic rings. The van der Waals surface area contributed by atoms with E-state index in [2.05, 4.69) is 15.6 Å². The van der Waals surface area contributed by atoms with Gasteiger partial charge in [0.2, 0.25) is 0 Å². The number of nitrogens with one attached hydrogen (secondary N) is 2. The molecule has 0 aliphatic carbocycles. The zero-order valence-electron chi connectivity index (χ0n) is 7.98. The minimum Gasteiger partial charge on any atom is -0.377 e. The van der Waals surface area contributed by atoms with Crippen molar-refractivity contribution in [3.05, 3.63) is 0 Å². The highest BCUT2D eigenvalue weighted by molar-refractivity contribution is 5.81. The minimum atomic E-state index is -0.132. The van der Waals surface area contributed by atoms with Crippen molar-refractivity contribution < 1.29 is 4.74 Å². The molecule has 0 saturated carbocycles. The van der Waals surface area contributed by atoms with Gasteiger partial charge in [0.05, 0.1) is 12.1 Å². The van der Waals surface area contributed by atoms with E-state index in [1.54, 1.807) is 7.11 Å². The Morgan fingerprint density at radius 3 is 2.92 bits per heavy atom. The van der Waals surface area contributed by atoms with Gasteiger partial charge in [-0.05, 0) is 13.8 Å². The van der Waals surface area contributed by atoms with E-state index in [4.69, 9.17) is 4.74 Å². The third-order valence-corrected chi connectivity index (χ3v) is 1.91. The van der Waals surface area contributed by atoms with E-state index < -0.39 is 0 Å². The van der Waals surface area contributed by atoms with Crippen molar-refractivity contribution in [2.45, 2.75) is 19.4 Å². The maximum Gasteiger partial charge on any atom is 0.191 e. The van der Waals surface area contributed by atoms with Gasteiger partial charge in [-0.15, -0.1) is 0 Å². The maximum atomic E-state index is 5.25. The van der Waals surface area contributed by atoms with Gasteiger partial charge in [0.15, 0.2) is 5.96 Å². The van der Waals surface area contributed by atoms with Crippen molar-refractivity contribution in [2.75, 3.05) is 26.7 Å². The van der Waals surface area contributed by atoms with E-state index in [1.165, 1.54) is 0 Å². The Morgan fingerprint density at radius 1 is 1.67 bits per heavy atom. The third-order valence-electron chi connectivity index (χ3n) is 1.91. The summed E-state index contributed by atoms with van der Waals surface area (Å²) in [5.74, 6) is 0.889. The first kappa shape index (κ1) is 9.32. The Balaban J connectivity index is 2.24. The predicted octanol–water partition coefficient (Wildman–Crippen LogP) is -0.0398. The van der Waals surface area contributed by atoms with Crippen LogP contribution in [-0.4, -0.2) is 38.3 Å². The van der Waals surface area contributed by atoms with Gasteiger partial charge < -0.3 is 15.4 Å². The zero-order chi connectivity index (χ0) is 9.03. The van der Waals surface area contributed by atoms with Gasteiger partial charge >= 0.3 is 0 Å². The lowest BCUT2D eigenvalue weighted by atomic mass is 10.1. The second kappa shape index (κ2) is 3.76. The van der Waals surface area contributed by atoms with Crippen LogP contribution in [0.1, 0.15) is 13.8 Å². The molecule has 0 amide bonds. The zero-order valence-corrected chi connectivity index (χ0v) is 7.98. The molecule has 4 heteroatoms. The number of ether oxygens (including phenoxy) is 1. The Bertz CT molecular complexity index is 177. The van der Waals surface area contributed by atoms with Crippen molar-refractivity contribution >= 4 is 5.96 Å². The van der Waals surface area contributed by atoms with Crippen LogP contribution in [-0.2, 0) is 4.74 Å². The largest absolute Gasteiger partial charge is 0.377 e. The highest BCUT2D eigenvalue weighted by Gasteiger charge is 2.17. The number of methoxy groups -OCH3 is 1. The standard InChI is InChI=1S/C8H17N3O/c1-8(2,12-3)6-11-7-9-4-5-10-7/h4-6H2,1-3H3,(H2,9,10,11). The molecule has 0 atom stereocenters. The van der Waals surface area contributed by atoms with Crippen molar-refractivity contribution in [3.63, 3.8) is 0 Å². The second-order valence-electron chi connectivity index (χ2n) is 3.47. The summed E-state index contributed by atoms with van der Waals surface area (Å²) in [7, 11) is 1.71. The van der Waals surface area contributed by atoms with Crippen LogP contribution in [0.15, 0.2) is 4.99 Å². The second-order valence-corrected chi connectivity index (χ2v) is 3.47. The number of guanidine groups is 1. The van der Waals surface area contributed by atoms with Gasteiger partial charge in [0.25, 0.3) is 0 Å². The first-order chi connectivity index (χ1) is 5.64. The summed E-state index contributed by atoms with van der Waals surface area (Å²) in [5, 5.41) is 6.32. The molecule has 1 rings (SSSR count). The first-order valence-electron chi connectivity index (χ1n) is 4.21. The van der Waals surface area contributed by atoms with Crippen molar-refractivity contribution in [3.8, 4) is 0 Å². The fourth-order valence-electron chi connectivity index (χ4n) is 0.885. The molecule has 12 heavy (non-hydrogen) atoms. The minimum absolute atomic E-state index is 0.132. The van der Waals surface area contributed by atoms with Gasteiger partial charge in [-0.1, -0.05) is 0 Å². The van der Waals surface area contributed by atoms with E-state index in [9.17, 15) is 0 Å². The molecule has 0 aromatic heterocycles. The molecule has 1 heterocycles. The summed E-state index contributed by atoms with van der Waals surface area (Å²) in [5.41, 5.74) is -0.132. The summed E-state index contributed by atoms with van der Waals surface area (Å²) < 4.78 is 5.25. The van der Waals surface area contributed by atoms with Crippen LogP contribution in [0, 0.1) is 0 Å². The van der Waals surface area contributed by atoms with Crippen LogP contribution in [0.25, 0.3) is 0 Å². The summed E-state index contributed by atoms with van der Waals surface area (Å²) >= 11 is 0. The molecule has 4 nitrogen and oxygen atoms in total. The van der Waals surface area contributed by atoms with E-state index in [0.29, 0.717) is 0 Å². The lowest BCUT2D eigenvalue weighted by Gasteiger charge is -2.23. The topological polar surface area (TPSA) is 45.6 Å². The van der Waals surface area contributed by atoms with E-state index >= 15 is 0 Å². The van der Waals surface area contributed by atoms with Crippen LogP contribution in [0.5, 0.6) is 0 Å². The Kier molecular flexibility index (Phi) is 2.92. The van der Waals surface area contributed by atoms with Gasteiger partial charge in [0.1, 0.15) is 0 Å². The Hall–Kier alpha value is -0.770. The quantitative estimate of drug-likeness (QED) is 0.626. The molecule has 1 aliphatic heterocycles. The smallest absolute Gasteiger partial charge is 0.191 e. The van der Waals surface area contributed by atoms with Crippen molar-refractivity contribution in [1.82, 2.24) is 10.6 Å². The molecule has 1 aliphatic rings. The van der Waals surface area contributed by atoms with Crippen LogP contribution in [0.3, 0.4) is 0 Å². The third kappa shape index (κ3) is 2.70. The summed E-state index contributed by atoms with van der Waals surface area (Å²) in [6, 6.07) is 0. The van der Waals surface area contributed by atoms with Crippen LogP contribution in [0.4, 0.5) is 0 Å². The Morgan fingerprint density at radius 2 is 2.42 bits per heavy atom. The fourth-order valence-corrected chi connectivity index (χ4v) is 0.885. The van der Waals surface area contributed by atoms with Gasteiger partial charge in [0, 0.05) is 20.2 Å². The maximum absolute atomic E-state index is 5.25. The summed E-state index contributed by atoms with van der Waals surface area (Å²) in [6.07, 6.45) is 0. The van der Waals surface area contributed by atoms with E-state index in [0.717, 1.165) is 25.6 Å². The van der Waals surface area contributed by atoms with Gasteiger partial charge in [-0.2, -0.15) is 0 Å². The first-order valence-corrected chi connectivity index (χ1v) is 4.21. The summed E-state index contributed by atoms with van der Waals surface area (Å²) in [4.78, 5) is 4.21. The molecule has 0 radical (unpaired) electrons. The molecule has 0 saturated heterocycles. The Labute approximate surface area is 73.4 Å². The SMILES string of the molecule is COC(C)(C)CNC1=NCCN1. The molecular formula is C8H17N3O.